The largest absolute Gasteiger partial charge is 0.297 e. The molecule has 2 unspecified atom stereocenters. The van der Waals surface area contributed by atoms with Crippen LogP contribution in [0, 0.1) is 0 Å². The molecule has 0 fully saturated rings. The van der Waals surface area contributed by atoms with Crippen molar-refractivity contribution in [3.05, 3.63) is 71.8 Å². The van der Waals surface area contributed by atoms with Crippen molar-refractivity contribution >= 4 is 51.0 Å². The van der Waals surface area contributed by atoms with Gasteiger partial charge in [0.1, 0.15) is 0 Å². The summed E-state index contributed by atoms with van der Waals surface area (Å²) < 4.78 is -0.184. The molecule has 0 aliphatic heterocycles. The van der Waals surface area contributed by atoms with E-state index in [0.717, 1.165) is 11.1 Å². The Bertz CT molecular complexity index is 463. The maximum atomic E-state index is 12.4. The second-order valence-corrected chi connectivity index (χ2v) is 6.44. The van der Waals surface area contributed by atoms with Crippen LogP contribution in [0.15, 0.2) is 60.7 Å². The normalized spacial score (nSPS) is 13.9. The Balaban J connectivity index is 2.17. The summed E-state index contributed by atoms with van der Waals surface area (Å²) in [5.41, 5.74) is 2.14. The molecule has 2 aromatic carbocycles. The van der Waals surface area contributed by atoms with Crippen LogP contribution in [0.3, 0.4) is 0 Å². The highest BCUT2D eigenvalue weighted by molar-refractivity contribution is 14.1. The van der Waals surface area contributed by atoms with E-state index >= 15 is 0 Å². The molecule has 2 aromatic rings. The second kappa shape index (κ2) is 6.65. The Kier molecular flexibility index (Phi) is 5.17. The number of carbonyl (C=O) groups excluding carboxylic acids is 1. The highest BCUT2D eigenvalue weighted by Gasteiger charge is 2.24. The van der Waals surface area contributed by atoms with Crippen LogP contribution in [0.1, 0.15) is 19.0 Å². The predicted octanol–water partition coefficient (Wildman–Crippen LogP) is 4.91. The first kappa shape index (κ1) is 14.0. The number of hydrogen-bond acceptors (Lipinski definition) is 1. The summed E-state index contributed by atoms with van der Waals surface area (Å²) in [6.45, 7) is 0. The van der Waals surface area contributed by atoms with Crippen LogP contribution in [-0.2, 0) is 4.79 Å². The Labute approximate surface area is 134 Å². The standard InChI is InChI=1S/C15H12I2O/c16-13(11-7-3-1-4-8-11)15(18)14(17)12-9-5-2-6-10-12/h1-10,13-14H. The van der Waals surface area contributed by atoms with Gasteiger partial charge < -0.3 is 0 Å². The molecule has 3 heteroatoms. The van der Waals surface area contributed by atoms with Crippen molar-refractivity contribution in [1.82, 2.24) is 0 Å². The number of benzene rings is 2. The van der Waals surface area contributed by atoms with Gasteiger partial charge in [-0.1, -0.05) is 106 Å². The van der Waals surface area contributed by atoms with E-state index in [0.29, 0.717) is 0 Å². The predicted molar refractivity (Wildman–Crippen MR) is 91.4 cm³/mol. The third-order valence-electron chi connectivity index (χ3n) is 2.68. The van der Waals surface area contributed by atoms with Crippen LogP contribution < -0.4 is 0 Å². The molecule has 92 valence electrons. The quantitative estimate of drug-likeness (QED) is 0.467. The van der Waals surface area contributed by atoms with E-state index in [-0.39, 0.29) is 13.6 Å². The summed E-state index contributed by atoms with van der Waals surface area (Å²) in [7, 11) is 0. The maximum Gasteiger partial charge on any atom is 0.167 e. The SMILES string of the molecule is O=C(C(I)c1ccccc1)C(I)c1ccccc1. The van der Waals surface area contributed by atoms with E-state index in [2.05, 4.69) is 45.2 Å². The van der Waals surface area contributed by atoms with Crippen LogP contribution in [0.5, 0.6) is 0 Å². The van der Waals surface area contributed by atoms with Gasteiger partial charge in [0.2, 0.25) is 0 Å². The lowest BCUT2D eigenvalue weighted by Gasteiger charge is -2.14. The molecule has 2 atom stereocenters. The van der Waals surface area contributed by atoms with Gasteiger partial charge in [-0.15, -0.1) is 0 Å². The van der Waals surface area contributed by atoms with Crippen LogP contribution in [-0.4, -0.2) is 5.78 Å². The number of halogens is 2. The van der Waals surface area contributed by atoms with Crippen molar-refractivity contribution in [2.75, 3.05) is 0 Å². The first-order valence-electron chi connectivity index (χ1n) is 5.62. The summed E-state index contributed by atoms with van der Waals surface area (Å²) in [6.07, 6.45) is 0. The number of alkyl halides is 2. The number of hydrogen-bond donors (Lipinski definition) is 0. The lowest BCUT2D eigenvalue weighted by atomic mass is 10.0. The molecule has 2 rings (SSSR count). The molecule has 0 aromatic heterocycles. The average molecular weight is 462 g/mol. The Hall–Kier alpha value is -0.430. The van der Waals surface area contributed by atoms with E-state index in [1.165, 1.54) is 0 Å². The van der Waals surface area contributed by atoms with Crippen molar-refractivity contribution in [1.29, 1.82) is 0 Å². The van der Waals surface area contributed by atoms with E-state index < -0.39 is 0 Å². The summed E-state index contributed by atoms with van der Waals surface area (Å²) >= 11 is 4.44. The minimum atomic E-state index is -0.0918. The van der Waals surface area contributed by atoms with Gasteiger partial charge >= 0.3 is 0 Å². The molecule has 0 heterocycles. The molecule has 0 radical (unpaired) electrons. The van der Waals surface area contributed by atoms with Crippen molar-refractivity contribution in [3.8, 4) is 0 Å². The van der Waals surface area contributed by atoms with Crippen molar-refractivity contribution < 1.29 is 4.79 Å². The molecule has 0 aliphatic rings. The van der Waals surface area contributed by atoms with E-state index in [9.17, 15) is 4.79 Å². The third-order valence-corrected chi connectivity index (χ3v) is 5.35. The summed E-state index contributed by atoms with van der Waals surface area (Å²) in [6, 6.07) is 19.8. The van der Waals surface area contributed by atoms with E-state index in [1.54, 1.807) is 0 Å². The smallest absolute Gasteiger partial charge is 0.167 e. The zero-order valence-corrected chi connectivity index (χ0v) is 13.9. The van der Waals surface area contributed by atoms with Crippen molar-refractivity contribution in [2.24, 2.45) is 0 Å². The molecule has 0 aliphatic carbocycles. The number of carbonyl (C=O) groups is 1. The lowest BCUT2D eigenvalue weighted by molar-refractivity contribution is -0.117. The highest BCUT2D eigenvalue weighted by Crippen LogP contribution is 2.34. The summed E-state index contributed by atoms with van der Waals surface area (Å²) in [5.74, 6) is 0.244. The molecule has 0 bridgehead atoms. The average Bonchev–Trinajstić information content (AvgIpc) is 2.47. The molecular weight excluding hydrogens is 450 g/mol. The fourth-order valence-corrected chi connectivity index (χ4v) is 3.94. The summed E-state index contributed by atoms with van der Waals surface area (Å²) in [5, 5.41) is 0. The fourth-order valence-electron chi connectivity index (χ4n) is 1.70. The maximum absolute atomic E-state index is 12.4. The second-order valence-electron chi connectivity index (χ2n) is 3.95. The van der Waals surface area contributed by atoms with Gasteiger partial charge in [0, 0.05) is 0 Å². The van der Waals surface area contributed by atoms with E-state index in [1.807, 2.05) is 60.7 Å². The van der Waals surface area contributed by atoms with E-state index in [4.69, 9.17) is 0 Å². The van der Waals surface area contributed by atoms with Gasteiger partial charge in [0.25, 0.3) is 0 Å². The molecule has 0 N–H and O–H groups in total. The van der Waals surface area contributed by atoms with Gasteiger partial charge in [-0.05, 0) is 11.1 Å². The van der Waals surface area contributed by atoms with Crippen LogP contribution >= 0.6 is 45.2 Å². The Morgan fingerprint density at radius 1 is 0.722 bits per heavy atom. The van der Waals surface area contributed by atoms with Gasteiger partial charge in [-0.25, -0.2) is 0 Å². The van der Waals surface area contributed by atoms with Crippen LogP contribution in [0.2, 0.25) is 0 Å². The van der Waals surface area contributed by atoms with Crippen molar-refractivity contribution in [2.45, 2.75) is 7.85 Å². The van der Waals surface area contributed by atoms with Gasteiger partial charge in [-0.3, -0.25) is 4.79 Å². The lowest BCUT2D eigenvalue weighted by Crippen LogP contribution is -2.12. The molecular formula is C15H12I2O. The van der Waals surface area contributed by atoms with Gasteiger partial charge in [0.15, 0.2) is 5.78 Å². The first-order chi connectivity index (χ1) is 8.70. The first-order valence-corrected chi connectivity index (χ1v) is 8.11. The zero-order valence-electron chi connectivity index (χ0n) is 9.59. The molecule has 0 spiro atoms. The number of Topliss-reactive ketones (excluding diaryl/α,β-unsaturated/α-hetero) is 1. The Morgan fingerprint density at radius 2 is 1.06 bits per heavy atom. The Morgan fingerprint density at radius 3 is 1.39 bits per heavy atom. The topological polar surface area (TPSA) is 17.1 Å². The molecule has 18 heavy (non-hydrogen) atoms. The van der Waals surface area contributed by atoms with Crippen molar-refractivity contribution in [3.63, 3.8) is 0 Å². The minimum absolute atomic E-state index is 0.0918. The third kappa shape index (κ3) is 3.32. The van der Waals surface area contributed by atoms with Gasteiger partial charge in [-0.2, -0.15) is 0 Å². The zero-order chi connectivity index (χ0) is 13.0. The summed E-state index contributed by atoms with van der Waals surface area (Å²) in [4.78, 5) is 12.4. The molecule has 0 saturated carbocycles. The number of ketones is 1. The minimum Gasteiger partial charge on any atom is -0.297 e. The monoisotopic (exact) mass is 462 g/mol. The molecule has 1 nitrogen and oxygen atoms in total. The highest BCUT2D eigenvalue weighted by atomic mass is 127. The van der Waals surface area contributed by atoms with Crippen LogP contribution in [0.25, 0.3) is 0 Å². The van der Waals surface area contributed by atoms with Crippen LogP contribution in [0.4, 0.5) is 0 Å². The fraction of sp³-hybridized carbons (Fsp3) is 0.133. The molecule has 0 saturated heterocycles. The molecule has 0 amide bonds. The van der Waals surface area contributed by atoms with Gasteiger partial charge in [0.05, 0.1) is 7.85 Å². The number of rotatable bonds is 4.